The molecule has 1 amide bonds. The first-order valence-electron chi connectivity index (χ1n) is 9.80. The van der Waals surface area contributed by atoms with Crippen LogP contribution in [-0.4, -0.2) is 45.0 Å². The number of benzene rings is 2. The van der Waals surface area contributed by atoms with E-state index in [1.807, 2.05) is 73.1 Å². The summed E-state index contributed by atoms with van der Waals surface area (Å²) in [5.41, 5.74) is 2.04. The van der Waals surface area contributed by atoms with Crippen LogP contribution < -0.4 is 4.74 Å². The third-order valence-electron chi connectivity index (χ3n) is 4.47. The lowest BCUT2D eigenvalue weighted by atomic mass is 10.2. The molecule has 0 saturated carbocycles. The highest BCUT2D eigenvalue weighted by Gasteiger charge is 2.16. The first-order valence-corrected chi connectivity index (χ1v) is 10.8. The monoisotopic (exact) mass is 422 g/mol. The van der Waals surface area contributed by atoms with Gasteiger partial charge in [0.25, 0.3) is 0 Å². The molecule has 3 rings (SSSR count). The summed E-state index contributed by atoms with van der Waals surface area (Å²) in [6.45, 7) is 7.54. The number of nitrogens with zero attached hydrogens (tertiary/aromatic N) is 4. The van der Waals surface area contributed by atoms with Crippen LogP contribution in [0.15, 0.2) is 72.4 Å². The molecular formula is C23H26N4O2S. The predicted octanol–water partition coefficient (Wildman–Crippen LogP) is 4.28. The third kappa shape index (κ3) is 5.51. The maximum Gasteiger partial charge on any atom is 0.233 e. The van der Waals surface area contributed by atoms with E-state index < -0.39 is 0 Å². The van der Waals surface area contributed by atoms with Crippen molar-refractivity contribution in [2.45, 2.75) is 25.2 Å². The Labute approximate surface area is 181 Å². The average molecular weight is 423 g/mol. The van der Waals surface area contributed by atoms with Gasteiger partial charge in [0, 0.05) is 25.7 Å². The van der Waals surface area contributed by atoms with Gasteiger partial charge in [0.05, 0.1) is 12.4 Å². The molecule has 30 heavy (non-hydrogen) atoms. The quantitative estimate of drug-likeness (QED) is 0.360. The lowest BCUT2D eigenvalue weighted by Crippen LogP contribution is -2.27. The zero-order valence-corrected chi connectivity index (χ0v) is 18.1. The number of carbonyl (C=O) groups is 1. The maximum atomic E-state index is 12.6. The van der Waals surface area contributed by atoms with Gasteiger partial charge >= 0.3 is 0 Å². The number of rotatable bonds is 10. The fourth-order valence-corrected chi connectivity index (χ4v) is 3.83. The number of allylic oxidation sites excluding steroid dienone is 1. The molecule has 1 aromatic heterocycles. The number of ether oxygens (including phenoxy) is 1. The van der Waals surface area contributed by atoms with Gasteiger partial charge in [-0.15, -0.1) is 16.8 Å². The first-order chi connectivity index (χ1) is 14.6. The molecule has 1 heterocycles. The van der Waals surface area contributed by atoms with E-state index in [0.29, 0.717) is 24.9 Å². The van der Waals surface area contributed by atoms with Crippen LogP contribution in [0.25, 0.3) is 11.4 Å². The summed E-state index contributed by atoms with van der Waals surface area (Å²) >= 11 is 1.39. The summed E-state index contributed by atoms with van der Waals surface area (Å²) in [4.78, 5) is 14.4. The topological polar surface area (TPSA) is 60.2 Å². The Kier molecular flexibility index (Phi) is 7.68. The Balaban J connectivity index is 1.62. The highest BCUT2D eigenvalue weighted by atomic mass is 32.2. The van der Waals surface area contributed by atoms with Gasteiger partial charge in [-0.05, 0) is 24.6 Å². The number of hydrogen-bond acceptors (Lipinski definition) is 5. The van der Waals surface area contributed by atoms with E-state index in [1.165, 1.54) is 11.8 Å². The Morgan fingerprint density at radius 2 is 1.90 bits per heavy atom. The third-order valence-corrected chi connectivity index (χ3v) is 5.42. The zero-order valence-electron chi connectivity index (χ0n) is 17.3. The van der Waals surface area contributed by atoms with Crippen LogP contribution in [0.5, 0.6) is 5.75 Å². The second kappa shape index (κ2) is 10.6. The lowest BCUT2D eigenvalue weighted by Gasteiger charge is -2.17. The normalized spacial score (nSPS) is 10.6. The zero-order chi connectivity index (χ0) is 21.3. The van der Waals surface area contributed by atoms with Crippen molar-refractivity contribution in [2.24, 2.45) is 0 Å². The Hall–Kier alpha value is -3.06. The van der Waals surface area contributed by atoms with E-state index in [0.717, 1.165) is 22.7 Å². The van der Waals surface area contributed by atoms with Crippen LogP contribution >= 0.6 is 11.8 Å². The van der Waals surface area contributed by atoms with Crippen LogP contribution in [0.1, 0.15) is 12.5 Å². The molecule has 0 unspecified atom stereocenters. The minimum atomic E-state index is 0.0308. The van der Waals surface area contributed by atoms with Crippen molar-refractivity contribution < 1.29 is 9.53 Å². The van der Waals surface area contributed by atoms with Crippen LogP contribution in [-0.2, 0) is 17.9 Å². The Bertz CT molecular complexity index is 971. The Morgan fingerprint density at radius 1 is 1.17 bits per heavy atom. The molecule has 0 radical (unpaired) electrons. The molecule has 6 nitrogen and oxygen atoms in total. The van der Waals surface area contributed by atoms with Gasteiger partial charge in [-0.1, -0.05) is 60.3 Å². The van der Waals surface area contributed by atoms with E-state index in [9.17, 15) is 4.79 Å². The van der Waals surface area contributed by atoms with E-state index in [1.54, 1.807) is 11.0 Å². The molecule has 0 bridgehead atoms. The molecule has 0 saturated heterocycles. The Morgan fingerprint density at radius 3 is 2.57 bits per heavy atom. The van der Waals surface area contributed by atoms with Crippen LogP contribution in [0, 0.1) is 0 Å². The second-order valence-corrected chi connectivity index (χ2v) is 7.63. The molecular weight excluding hydrogens is 396 g/mol. The minimum Gasteiger partial charge on any atom is -0.494 e. The number of aromatic nitrogens is 3. The maximum absolute atomic E-state index is 12.6. The van der Waals surface area contributed by atoms with Crippen molar-refractivity contribution in [1.29, 1.82) is 0 Å². The van der Waals surface area contributed by atoms with Crippen molar-refractivity contribution in [1.82, 2.24) is 19.7 Å². The molecule has 0 N–H and O–H groups in total. The fraction of sp³-hybridized carbons (Fsp3) is 0.261. The molecule has 7 heteroatoms. The number of hydrogen-bond donors (Lipinski definition) is 0. The summed E-state index contributed by atoms with van der Waals surface area (Å²) in [5, 5.41) is 9.33. The number of carbonyl (C=O) groups excluding carboxylic acids is 1. The molecule has 3 aromatic rings. The van der Waals surface area contributed by atoms with Crippen molar-refractivity contribution in [2.75, 3.05) is 19.4 Å². The van der Waals surface area contributed by atoms with Crippen molar-refractivity contribution in [3.63, 3.8) is 0 Å². The van der Waals surface area contributed by atoms with Crippen molar-refractivity contribution in [3.05, 3.63) is 72.8 Å². The van der Waals surface area contributed by atoms with Gasteiger partial charge < -0.3 is 9.64 Å². The van der Waals surface area contributed by atoms with Crippen molar-refractivity contribution >= 4 is 17.7 Å². The lowest BCUT2D eigenvalue weighted by molar-refractivity contribution is -0.127. The van der Waals surface area contributed by atoms with E-state index in [4.69, 9.17) is 4.74 Å². The number of thioether (sulfide) groups is 1. The predicted molar refractivity (Wildman–Crippen MR) is 120 cm³/mol. The smallest absolute Gasteiger partial charge is 0.233 e. The molecule has 0 spiro atoms. The highest BCUT2D eigenvalue weighted by Crippen LogP contribution is 2.24. The molecule has 0 aliphatic heterocycles. The van der Waals surface area contributed by atoms with Crippen LogP contribution in [0.4, 0.5) is 0 Å². The summed E-state index contributed by atoms with van der Waals surface area (Å²) in [6.07, 6.45) is 1.81. The molecule has 2 aromatic carbocycles. The van der Waals surface area contributed by atoms with Gasteiger partial charge in [0.2, 0.25) is 5.91 Å². The number of amides is 1. The van der Waals surface area contributed by atoms with Crippen LogP contribution in [0.3, 0.4) is 0 Å². The molecule has 0 fully saturated rings. The van der Waals surface area contributed by atoms with E-state index >= 15 is 0 Å². The van der Waals surface area contributed by atoms with Gasteiger partial charge in [-0.3, -0.25) is 9.36 Å². The van der Waals surface area contributed by atoms with Crippen molar-refractivity contribution in [3.8, 4) is 17.1 Å². The summed E-state index contributed by atoms with van der Waals surface area (Å²) in [6, 6.07) is 17.7. The second-order valence-electron chi connectivity index (χ2n) is 6.69. The van der Waals surface area contributed by atoms with Gasteiger partial charge in [0.15, 0.2) is 11.0 Å². The molecule has 0 aliphatic carbocycles. The molecule has 156 valence electrons. The summed E-state index contributed by atoms with van der Waals surface area (Å²) in [5.74, 6) is 1.93. The molecule has 0 aliphatic rings. The highest BCUT2D eigenvalue weighted by molar-refractivity contribution is 7.99. The van der Waals surface area contributed by atoms with E-state index in [2.05, 4.69) is 16.8 Å². The van der Waals surface area contributed by atoms with Gasteiger partial charge in [-0.25, -0.2) is 0 Å². The molecule has 0 atom stereocenters. The largest absolute Gasteiger partial charge is 0.494 e. The van der Waals surface area contributed by atoms with E-state index in [-0.39, 0.29) is 11.7 Å². The summed E-state index contributed by atoms with van der Waals surface area (Å²) in [7, 11) is 1.81. The fourth-order valence-electron chi connectivity index (χ4n) is 2.95. The minimum absolute atomic E-state index is 0.0308. The van der Waals surface area contributed by atoms with Gasteiger partial charge in [-0.2, -0.15) is 0 Å². The first kappa shape index (κ1) is 21.6. The van der Waals surface area contributed by atoms with Gasteiger partial charge in [0.1, 0.15) is 5.75 Å². The SMILES string of the molecule is C=CCn1c(SCC(=O)N(C)Cc2ccc(OCC)cc2)nnc1-c1ccccc1. The average Bonchev–Trinajstić information content (AvgIpc) is 3.17. The summed E-state index contributed by atoms with van der Waals surface area (Å²) < 4.78 is 7.44. The van der Waals surface area contributed by atoms with Crippen LogP contribution in [0.2, 0.25) is 0 Å². The standard InChI is InChI=1S/C23H26N4O2S/c1-4-15-27-22(19-9-7-6-8-10-19)24-25-23(27)30-17-21(28)26(3)16-18-11-13-20(14-12-18)29-5-2/h4,6-14H,1,5,15-17H2,2-3H3.